The highest BCUT2D eigenvalue weighted by atomic mass is 16.5. The Morgan fingerprint density at radius 3 is 2.43 bits per heavy atom. The van der Waals surface area contributed by atoms with Crippen LogP contribution in [0.4, 0.5) is 11.4 Å². The maximum atomic E-state index is 11.8. The Labute approximate surface area is 136 Å². The highest BCUT2D eigenvalue weighted by molar-refractivity contribution is 5.91. The van der Waals surface area contributed by atoms with Crippen molar-refractivity contribution in [3.05, 3.63) is 36.4 Å². The number of ether oxygens (including phenoxy) is 2. The molecule has 0 amide bonds. The van der Waals surface area contributed by atoms with Gasteiger partial charge in [-0.2, -0.15) is 0 Å². The minimum absolute atomic E-state index is 0.140. The molecule has 0 fully saturated rings. The van der Waals surface area contributed by atoms with Crippen LogP contribution in [0.1, 0.15) is 43.0 Å². The summed E-state index contributed by atoms with van der Waals surface area (Å²) in [6.45, 7) is 5.51. The number of carbonyl (C=O) groups is 2. The van der Waals surface area contributed by atoms with Crippen LogP contribution in [-0.4, -0.2) is 24.6 Å². The van der Waals surface area contributed by atoms with E-state index in [-0.39, 0.29) is 6.10 Å². The van der Waals surface area contributed by atoms with Gasteiger partial charge in [0.15, 0.2) is 0 Å². The zero-order chi connectivity index (χ0) is 17.2. The first-order valence-corrected chi connectivity index (χ1v) is 7.58. The SMILES string of the molecule is C=CC(=O)OC(C)CCCCCOC(=O)c1cc(N)cc(N)c1. The van der Waals surface area contributed by atoms with E-state index in [1.165, 1.54) is 12.1 Å². The van der Waals surface area contributed by atoms with Gasteiger partial charge in [0.1, 0.15) is 0 Å². The number of hydrogen-bond donors (Lipinski definition) is 2. The Morgan fingerprint density at radius 2 is 1.83 bits per heavy atom. The van der Waals surface area contributed by atoms with Crippen molar-refractivity contribution in [2.24, 2.45) is 0 Å². The second-order valence-electron chi connectivity index (χ2n) is 5.33. The average Bonchev–Trinajstić information content (AvgIpc) is 2.49. The number of benzene rings is 1. The third kappa shape index (κ3) is 7.35. The molecule has 0 heterocycles. The second kappa shape index (κ2) is 9.50. The molecule has 1 unspecified atom stereocenters. The normalized spacial score (nSPS) is 11.5. The predicted molar refractivity (Wildman–Crippen MR) is 89.8 cm³/mol. The number of esters is 2. The summed E-state index contributed by atoms with van der Waals surface area (Å²) in [6, 6.07) is 4.65. The maximum absolute atomic E-state index is 11.8. The largest absolute Gasteiger partial charge is 0.462 e. The van der Waals surface area contributed by atoms with Gasteiger partial charge >= 0.3 is 11.9 Å². The molecule has 0 radical (unpaired) electrons. The smallest absolute Gasteiger partial charge is 0.338 e. The minimum atomic E-state index is -0.433. The van der Waals surface area contributed by atoms with Crippen molar-refractivity contribution in [1.29, 1.82) is 0 Å². The number of nitrogen functional groups attached to an aromatic ring is 2. The molecule has 1 rings (SSSR count). The fourth-order valence-corrected chi connectivity index (χ4v) is 2.06. The van der Waals surface area contributed by atoms with E-state index in [2.05, 4.69) is 6.58 Å². The van der Waals surface area contributed by atoms with Gasteiger partial charge in [0, 0.05) is 17.5 Å². The lowest BCUT2D eigenvalue weighted by Crippen LogP contribution is -2.12. The lowest BCUT2D eigenvalue weighted by molar-refractivity contribution is -0.142. The number of hydrogen-bond acceptors (Lipinski definition) is 6. The van der Waals surface area contributed by atoms with E-state index < -0.39 is 11.9 Å². The van der Waals surface area contributed by atoms with E-state index in [0.29, 0.717) is 23.5 Å². The van der Waals surface area contributed by atoms with Gasteiger partial charge in [-0.05, 0) is 50.8 Å². The van der Waals surface area contributed by atoms with Crippen molar-refractivity contribution in [1.82, 2.24) is 0 Å². The molecule has 1 aromatic carbocycles. The van der Waals surface area contributed by atoms with Crippen molar-refractivity contribution < 1.29 is 19.1 Å². The van der Waals surface area contributed by atoms with Gasteiger partial charge in [0.2, 0.25) is 0 Å². The maximum Gasteiger partial charge on any atom is 0.338 e. The number of unbranched alkanes of at least 4 members (excludes halogenated alkanes) is 2. The predicted octanol–water partition coefficient (Wildman–Crippen LogP) is 2.69. The number of anilines is 2. The molecule has 0 saturated heterocycles. The van der Waals surface area contributed by atoms with E-state index in [9.17, 15) is 9.59 Å². The summed E-state index contributed by atoms with van der Waals surface area (Å²) in [7, 11) is 0. The van der Waals surface area contributed by atoms with Crippen molar-refractivity contribution in [3.8, 4) is 0 Å². The van der Waals surface area contributed by atoms with Gasteiger partial charge in [-0.25, -0.2) is 9.59 Å². The standard InChI is InChI=1S/C17H24N2O4/c1-3-16(20)23-12(2)7-5-4-6-8-22-17(21)13-9-14(18)11-15(19)10-13/h3,9-12H,1,4-8,18-19H2,2H3. The van der Waals surface area contributed by atoms with Crippen LogP contribution in [0.3, 0.4) is 0 Å². The topological polar surface area (TPSA) is 105 Å². The van der Waals surface area contributed by atoms with Crippen LogP contribution in [0, 0.1) is 0 Å². The molecule has 6 heteroatoms. The van der Waals surface area contributed by atoms with Gasteiger partial charge in [0.05, 0.1) is 18.3 Å². The van der Waals surface area contributed by atoms with Crippen LogP contribution >= 0.6 is 0 Å². The van der Waals surface area contributed by atoms with Crippen LogP contribution in [-0.2, 0) is 14.3 Å². The summed E-state index contributed by atoms with van der Waals surface area (Å²) in [6.07, 6.45) is 4.28. The van der Waals surface area contributed by atoms with E-state index in [1.807, 2.05) is 6.92 Å². The number of rotatable bonds is 9. The molecule has 0 aliphatic carbocycles. The van der Waals surface area contributed by atoms with Crippen molar-refractivity contribution in [3.63, 3.8) is 0 Å². The van der Waals surface area contributed by atoms with Crippen LogP contribution in [0.5, 0.6) is 0 Å². The molecule has 0 saturated carbocycles. The van der Waals surface area contributed by atoms with Crippen molar-refractivity contribution in [2.75, 3.05) is 18.1 Å². The molecule has 4 N–H and O–H groups in total. The lowest BCUT2D eigenvalue weighted by atomic mass is 10.1. The molecule has 126 valence electrons. The van der Waals surface area contributed by atoms with E-state index in [4.69, 9.17) is 20.9 Å². The van der Waals surface area contributed by atoms with E-state index in [1.54, 1.807) is 6.07 Å². The quantitative estimate of drug-likeness (QED) is 0.314. The summed E-state index contributed by atoms with van der Waals surface area (Å²) < 4.78 is 10.2. The average molecular weight is 320 g/mol. The zero-order valence-corrected chi connectivity index (χ0v) is 13.4. The summed E-state index contributed by atoms with van der Waals surface area (Å²) in [5.74, 6) is -0.842. The second-order valence-corrected chi connectivity index (χ2v) is 5.33. The van der Waals surface area contributed by atoms with Crippen LogP contribution in [0.15, 0.2) is 30.9 Å². The molecule has 6 nitrogen and oxygen atoms in total. The van der Waals surface area contributed by atoms with E-state index in [0.717, 1.165) is 31.8 Å². The van der Waals surface area contributed by atoms with Crippen molar-refractivity contribution >= 4 is 23.3 Å². The zero-order valence-electron chi connectivity index (χ0n) is 13.4. The summed E-state index contributed by atoms with van der Waals surface area (Å²) in [5.41, 5.74) is 12.5. The van der Waals surface area contributed by atoms with Gasteiger partial charge in [-0.1, -0.05) is 6.58 Å². The summed E-state index contributed by atoms with van der Waals surface area (Å²) in [5, 5.41) is 0. The van der Waals surface area contributed by atoms with Crippen LogP contribution in [0.25, 0.3) is 0 Å². The Kier molecular flexibility index (Phi) is 7.66. The molecule has 0 aromatic heterocycles. The molecule has 0 aliphatic heterocycles. The highest BCUT2D eigenvalue weighted by Gasteiger charge is 2.09. The molecular formula is C17H24N2O4. The number of carbonyl (C=O) groups excluding carboxylic acids is 2. The molecule has 0 bridgehead atoms. The molecule has 0 aliphatic rings. The van der Waals surface area contributed by atoms with E-state index >= 15 is 0 Å². The minimum Gasteiger partial charge on any atom is -0.462 e. The summed E-state index contributed by atoms with van der Waals surface area (Å²) in [4.78, 5) is 22.8. The van der Waals surface area contributed by atoms with Crippen LogP contribution in [0.2, 0.25) is 0 Å². The molecule has 1 atom stereocenters. The fourth-order valence-electron chi connectivity index (χ4n) is 2.06. The Bertz CT molecular complexity index is 537. The third-order valence-electron chi connectivity index (χ3n) is 3.19. The Morgan fingerprint density at radius 1 is 1.17 bits per heavy atom. The fraction of sp³-hybridized carbons (Fsp3) is 0.412. The Hall–Kier alpha value is -2.50. The monoisotopic (exact) mass is 320 g/mol. The van der Waals surface area contributed by atoms with Gasteiger partial charge < -0.3 is 20.9 Å². The Balaban J connectivity index is 2.18. The van der Waals surface area contributed by atoms with Gasteiger partial charge in [0.25, 0.3) is 0 Å². The van der Waals surface area contributed by atoms with Gasteiger partial charge in [-0.3, -0.25) is 0 Å². The third-order valence-corrected chi connectivity index (χ3v) is 3.19. The molecular weight excluding hydrogens is 296 g/mol. The first kappa shape index (κ1) is 18.5. The molecule has 1 aromatic rings. The highest BCUT2D eigenvalue weighted by Crippen LogP contribution is 2.15. The first-order chi connectivity index (χ1) is 10.9. The summed E-state index contributed by atoms with van der Waals surface area (Å²) >= 11 is 0. The molecule has 0 spiro atoms. The van der Waals surface area contributed by atoms with Crippen molar-refractivity contribution in [2.45, 2.75) is 38.7 Å². The first-order valence-electron chi connectivity index (χ1n) is 7.58. The number of nitrogens with two attached hydrogens (primary N) is 2. The van der Waals surface area contributed by atoms with Gasteiger partial charge in [-0.15, -0.1) is 0 Å². The van der Waals surface area contributed by atoms with Crippen LogP contribution < -0.4 is 11.5 Å². The molecule has 23 heavy (non-hydrogen) atoms. The lowest BCUT2D eigenvalue weighted by Gasteiger charge is -2.11.